The smallest absolute Gasteiger partial charge is 0.244 e. The monoisotopic (exact) mass is 373 g/mol. The van der Waals surface area contributed by atoms with Crippen molar-refractivity contribution in [2.24, 2.45) is 17.8 Å². The van der Waals surface area contributed by atoms with Crippen LogP contribution in [0.2, 0.25) is 0 Å². The van der Waals surface area contributed by atoms with Crippen LogP contribution in [-0.4, -0.2) is 16.8 Å². The van der Waals surface area contributed by atoms with Crippen LogP contribution in [0, 0.1) is 23.6 Å². The van der Waals surface area contributed by atoms with Gasteiger partial charge in [0, 0.05) is 16.9 Å². The van der Waals surface area contributed by atoms with E-state index in [4.69, 9.17) is 0 Å². The number of aromatic nitrogens is 1. The predicted molar refractivity (Wildman–Crippen MR) is 96.4 cm³/mol. The molecule has 2 aliphatic carbocycles. The molecule has 0 aliphatic heterocycles. The largest absolute Gasteiger partial charge is 0.273 e. The second-order valence-electron chi connectivity index (χ2n) is 7.15. The van der Waals surface area contributed by atoms with Gasteiger partial charge in [0.15, 0.2) is 0 Å². The molecule has 26 heavy (non-hydrogen) atoms. The minimum Gasteiger partial charge on any atom is -0.273 e. The van der Waals surface area contributed by atoms with E-state index in [1.807, 2.05) is 0 Å². The second kappa shape index (κ2) is 7.15. The molecule has 2 bridgehead atoms. The number of nitrogens with zero attached hydrogens (tertiary/aromatic N) is 1. The van der Waals surface area contributed by atoms with Crippen LogP contribution >= 0.6 is 11.3 Å². The van der Waals surface area contributed by atoms with E-state index in [1.54, 1.807) is 17.5 Å². The zero-order valence-electron chi connectivity index (χ0n) is 14.2. The Hall–Kier alpha value is -2.28. The van der Waals surface area contributed by atoms with Crippen LogP contribution in [0.1, 0.15) is 31.4 Å². The van der Waals surface area contributed by atoms with Crippen LogP contribution in [0.5, 0.6) is 0 Å². The lowest BCUT2D eigenvalue weighted by Gasteiger charge is -2.20. The number of benzene rings is 1. The zero-order chi connectivity index (χ0) is 18.1. The minimum atomic E-state index is -0.295. The lowest BCUT2D eigenvalue weighted by Crippen LogP contribution is -2.46. The lowest BCUT2D eigenvalue weighted by molar-refractivity contribution is -0.132. The molecule has 2 fully saturated rings. The SMILES string of the molecule is O=C(Cc1csc(-c2ccc(F)cc2)n1)NNC(=O)[C@@H]1C[C@H]2CC[C@H]1C2. The Bertz CT molecular complexity index is 820. The van der Waals surface area contributed by atoms with Gasteiger partial charge in [0.2, 0.25) is 11.8 Å². The van der Waals surface area contributed by atoms with Crippen LogP contribution < -0.4 is 10.9 Å². The van der Waals surface area contributed by atoms with Crippen LogP contribution in [0.25, 0.3) is 10.6 Å². The fraction of sp³-hybridized carbons (Fsp3) is 0.421. The molecule has 1 heterocycles. The predicted octanol–water partition coefficient (Wildman–Crippen LogP) is 3.08. The number of hydrazine groups is 1. The van der Waals surface area contributed by atoms with Gasteiger partial charge in [-0.25, -0.2) is 9.37 Å². The quantitative estimate of drug-likeness (QED) is 0.809. The topological polar surface area (TPSA) is 71.1 Å². The summed E-state index contributed by atoms with van der Waals surface area (Å²) in [4.78, 5) is 28.7. The molecule has 2 saturated carbocycles. The summed E-state index contributed by atoms with van der Waals surface area (Å²) in [5, 5.41) is 2.54. The van der Waals surface area contributed by atoms with Gasteiger partial charge in [-0.05, 0) is 55.4 Å². The molecule has 2 N–H and O–H groups in total. The number of carbonyl (C=O) groups excluding carboxylic acids is 2. The van der Waals surface area contributed by atoms with Crippen molar-refractivity contribution in [3.05, 3.63) is 41.2 Å². The van der Waals surface area contributed by atoms with Gasteiger partial charge >= 0.3 is 0 Å². The van der Waals surface area contributed by atoms with E-state index in [-0.39, 0.29) is 30.0 Å². The summed E-state index contributed by atoms with van der Waals surface area (Å²) >= 11 is 1.40. The first kappa shape index (κ1) is 17.1. The van der Waals surface area contributed by atoms with Gasteiger partial charge in [-0.3, -0.25) is 20.4 Å². The van der Waals surface area contributed by atoms with Crippen LogP contribution in [0.15, 0.2) is 29.6 Å². The van der Waals surface area contributed by atoms with Crippen molar-refractivity contribution >= 4 is 23.2 Å². The van der Waals surface area contributed by atoms with E-state index in [0.717, 1.165) is 29.8 Å². The molecule has 2 aliphatic rings. The highest BCUT2D eigenvalue weighted by atomic mass is 32.1. The number of hydrogen-bond donors (Lipinski definition) is 2. The van der Waals surface area contributed by atoms with Crippen molar-refractivity contribution in [3.8, 4) is 10.6 Å². The van der Waals surface area contributed by atoms with E-state index in [1.165, 1.54) is 29.9 Å². The van der Waals surface area contributed by atoms with Gasteiger partial charge in [0.05, 0.1) is 12.1 Å². The lowest BCUT2D eigenvalue weighted by atomic mass is 9.88. The first-order chi connectivity index (χ1) is 12.6. The summed E-state index contributed by atoms with van der Waals surface area (Å²) in [5.74, 6) is 0.544. The Morgan fingerprint density at radius 2 is 1.96 bits per heavy atom. The Kier molecular flexibility index (Phi) is 4.72. The fourth-order valence-corrected chi connectivity index (χ4v) is 4.94. The van der Waals surface area contributed by atoms with Crippen molar-refractivity contribution in [2.75, 3.05) is 0 Å². The molecule has 3 atom stereocenters. The van der Waals surface area contributed by atoms with Crippen LogP contribution in [-0.2, 0) is 16.0 Å². The number of fused-ring (bicyclic) bond motifs is 2. The van der Waals surface area contributed by atoms with E-state index in [9.17, 15) is 14.0 Å². The zero-order valence-corrected chi connectivity index (χ0v) is 15.0. The number of carbonyl (C=O) groups is 2. The fourth-order valence-electron chi connectivity index (χ4n) is 4.11. The summed E-state index contributed by atoms with van der Waals surface area (Å²) in [6.07, 6.45) is 4.55. The maximum absolute atomic E-state index is 13.0. The molecule has 2 aromatic rings. The molecule has 1 aromatic carbocycles. The molecular formula is C19H20FN3O2S. The van der Waals surface area contributed by atoms with Gasteiger partial charge in [0.25, 0.3) is 0 Å². The van der Waals surface area contributed by atoms with Crippen LogP contribution in [0.4, 0.5) is 4.39 Å². The molecule has 136 valence electrons. The van der Waals surface area contributed by atoms with Gasteiger partial charge in [-0.2, -0.15) is 0 Å². The van der Waals surface area contributed by atoms with Gasteiger partial charge in [-0.15, -0.1) is 11.3 Å². The van der Waals surface area contributed by atoms with Crippen molar-refractivity contribution in [1.29, 1.82) is 0 Å². The molecule has 0 saturated heterocycles. The average Bonchev–Trinajstić information content (AvgIpc) is 3.37. The normalized spacial score (nSPS) is 23.8. The maximum Gasteiger partial charge on any atom is 0.244 e. The molecule has 0 spiro atoms. The van der Waals surface area contributed by atoms with E-state index < -0.39 is 0 Å². The van der Waals surface area contributed by atoms with Gasteiger partial charge < -0.3 is 0 Å². The molecule has 0 radical (unpaired) electrons. The van der Waals surface area contributed by atoms with E-state index >= 15 is 0 Å². The summed E-state index contributed by atoms with van der Waals surface area (Å²) in [7, 11) is 0. The standard InChI is InChI=1S/C19H20FN3O2S/c20-14-5-3-12(4-6-14)19-21-15(10-26-19)9-17(24)22-23-18(25)16-8-11-1-2-13(16)7-11/h3-6,10-11,13,16H,1-2,7-9H2,(H,22,24)(H,23,25)/t11-,13-,16+/m0/s1. The minimum absolute atomic E-state index is 0.0402. The first-order valence-electron chi connectivity index (χ1n) is 8.87. The number of halogens is 1. The highest BCUT2D eigenvalue weighted by Crippen LogP contribution is 2.48. The third-order valence-electron chi connectivity index (χ3n) is 5.38. The highest BCUT2D eigenvalue weighted by molar-refractivity contribution is 7.13. The molecule has 2 amide bonds. The highest BCUT2D eigenvalue weighted by Gasteiger charge is 2.43. The number of nitrogens with one attached hydrogen (secondary N) is 2. The van der Waals surface area contributed by atoms with E-state index in [2.05, 4.69) is 15.8 Å². The Morgan fingerprint density at radius 1 is 1.15 bits per heavy atom. The summed E-state index contributed by atoms with van der Waals surface area (Å²) in [6.45, 7) is 0. The van der Waals surface area contributed by atoms with Gasteiger partial charge in [0.1, 0.15) is 10.8 Å². The van der Waals surface area contributed by atoms with Crippen molar-refractivity contribution in [1.82, 2.24) is 15.8 Å². The van der Waals surface area contributed by atoms with Crippen LogP contribution in [0.3, 0.4) is 0 Å². The number of hydrogen-bond acceptors (Lipinski definition) is 4. The van der Waals surface area contributed by atoms with Crippen molar-refractivity contribution in [3.63, 3.8) is 0 Å². The van der Waals surface area contributed by atoms with Crippen molar-refractivity contribution in [2.45, 2.75) is 32.1 Å². The van der Waals surface area contributed by atoms with Crippen molar-refractivity contribution < 1.29 is 14.0 Å². The number of thiazole rings is 1. The third-order valence-corrected chi connectivity index (χ3v) is 6.32. The summed E-state index contributed by atoms with van der Waals surface area (Å²) < 4.78 is 13.0. The summed E-state index contributed by atoms with van der Waals surface area (Å²) in [6, 6.07) is 6.09. The molecule has 0 unspecified atom stereocenters. The number of rotatable bonds is 4. The van der Waals surface area contributed by atoms with Gasteiger partial charge in [-0.1, -0.05) is 6.42 Å². The Balaban J connectivity index is 1.28. The second-order valence-corrected chi connectivity index (χ2v) is 8.00. The third kappa shape index (κ3) is 3.62. The molecule has 7 heteroatoms. The molecule has 4 rings (SSSR count). The maximum atomic E-state index is 13.0. The van der Waals surface area contributed by atoms with E-state index in [0.29, 0.717) is 17.5 Å². The Morgan fingerprint density at radius 3 is 2.65 bits per heavy atom. The number of amides is 2. The Labute approximate surface area is 155 Å². The molecular weight excluding hydrogens is 353 g/mol. The average molecular weight is 373 g/mol. The summed E-state index contributed by atoms with van der Waals surface area (Å²) in [5.41, 5.74) is 6.51. The first-order valence-corrected chi connectivity index (χ1v) is 9.75. The molecule has 1 aromatic heterocycles. The molecule has 5 nitrogen and oxygen atoms in total.